The van der Waals surface area contributed by atoms with Crippen LogP contribution in [0.25, 0.3) is 0 Å². The van der Waals surface area contributed by atoms with Gasteiger partial charge in [0, 0.05) is 6.61 Å². The van der Waals surface area contributed by atoms with Crippen molar-refractivity contribution in [1.82, 2.24) is 0 Å². The maximum Gasteiger partial charge on any atom is 0.147 e. The number of aliphatic hydroxyl groups excluding tert-OH is 1. The van der Waals surface area contributed by atoms with Crippen LogP contribution in [0.15, 0.2) is 0 Å². The van der Waals surface area contributed by atoms with Gasteiger partial charge in [-0.2, -0.15) is 0 Å². The first kappa shape index (κ1) is 6.11. The Bertz CT molecular complexity index is 59.4. The largest absolute Gasteiger partial charge is 0.369 e. The highest BCUT2D eigenvalue weighted by atomic mass is 16.6. The molecule has 1 N–H and O–H groups in total. The van der Waals surface area contributed by atoms with Crippen LogP contribution in [-0.4, -0.2) is 25.3 Å². The second-order valence-corrected chi connectivity index (χ2v) is 2.17. The van der Waals surface area contributed by atoms with Gasteiger partial charge < -0.3 is 9.84 Å². The molecule has 2 nitrogen and oxygen atoms in total. The van der Waals surface area contributed by atoms with E-state index in [0.29, 0.717) is 0 Å². The molecule has 46 valence electrons. The summed E-state index contributed by atoms with van der Waals surface area (Å²) in [6.07, 6.45) is 2.66. The van der Waals surface area contributed by atoms with Gasteiger partial charge in [-0.15, -0.1) is 0 Å². The summed E-state index contributed by atoms with van der Waals surface area (Å²) in [6.45, 7) is 0.737. The predicted octanol–water partition coefficient (Wildman–Crippen LogP) is -0.00180. The maximum absolute atomic E-state index is 8.87. The number of hydrogen-bond donors (Lipinski definition) is 1. The van der Waals surface area contributed by atoms with Crippen LogP contribution < -0.4 is 0 Å². The zero-order valence-corrected chi connectivity index (χ0v) is 4.97. The van der Waals surface area contributed by atoms with Crippen LogP contribution in [0.3, 0.4) is 0 Å². The average Bonchev–Trinajstić information content (AvgIpc) is 1.94. The third kappa shape index (κ3) is 1.84. The van der Waals surface area contributed by atoms with E-state index in [1.807, 2.05) is 0 Å². The summed E-state index contributed by atoms with van der Waals surface area (Å²) >= 11 is 0. The lowest BCUT2D eigenvalue weighted by Gasteiger charge is -2.04. The summed E-state index contributed by atoms with van der Waals surface area (Å²) in [5.41, 5.74) is 0. The van der Waals surface area contributed by atoms with Crippen LogP contribution in [0.1, 0.15) is 6.42 Å². The Morgan fingerprint density at radius 3 is 3.38 bits per heavy atom. The molecule has 1 fully saturated rings. The van der Waals surface area contributed by atoms with Crippen LogP contribution in [0.2, 0.25) is 12.6 Å². The first-order chi connectivity index (χ1) is 3.89. The fourth-order valence-corrected chi connectivity index (χ4v) is 0.901. The van der Waals surface area contributed by atoms with Gasteiger partial charge in [-0.25, -0.2) is 0 Å². The second kappa shape index (κ2) is 3.10. The summed E-state index contributed by atoms with van der Waals surface area (Å²) in [5, 5.41) is 8.87. The van der Waals surface area contributed by atoms with Crippen molar-refractivity contribution in [1.29, 1.82) is 0 Å². The highest BCUT2D eigenvalue weighted by Gasteiger charge is 2.07. The molecule has 1 heterocycles. The highest BCUT2D eigenvalue weighted by molar-refractivity contribution is 6.35. The molecule has 1 atom stereocenters. The molecule has 1 rings (SSSR count). The minimum atomic E-state index is -0.475. The van der Waals surface area contributed by atoms with Crippen LogP contribution in [0.4, 0.5) is 0 Å². The van der Waals surface area contributed by atoms with E-state index in [-0.39, 0.29) is 0 Å². The lowest BCUT2D eigenvalue weighted by Crippen LogP contribution is -2.10. The van der Waals surface area contributed by atoms with Gasteiger partial charge in [0.15, 0.2) is 0 Å². The normalized spacial score (nSPS) is 30.9. The Hall–Kier alpha value is -0.0151. The van der Waals surface area contributed by atoms with Crippen molar-refractivity contribution in [2.24, 2.45) is 0 Å². The molecule has 3 heteroatoms. The maximum atomic E-state index is 8.87. The lowest BCUT2D eigenvalue weighted by molar-refractivity contribution is -0.0816. The van der Waals surface area contributed by atoms with Crippen LogP contribution >= 0.6 is 0 Å². The van der Waals surface area contributed by atoms with Crippen LogP contribution in [-0.2, 0) is 4.74 Å². The molecular weight excluding hydrogens is 103 g/mol. The molecule has 0 aliphatic carbocycles. The molecule has 0 bridgehead atoms. The summed E-state index contributed by atoms with van der Waals surface area (Å²) in [7, 11) is 1.11. The van der Waals surface area contributed by atoms with Crippen molar-refractivity contribution >= 4 is 7.28 Å². The van der Waals surface area contributed by atoms with Crippen molar-refractivity contribution in [3.63, 3.8) is 0 Å². The smallest absolute Gasteiger partial charge is 0.147 e. The summed E-state index contributed by atoms with van der Waals surface area (Å²) in [5.74, 6) is 0. The molecule has 1 aliphatic heterocycles. The molecule has 8 heavy (non-hydrogen) atoms. The molecule has 1 unspecified atom stereocenters. The van der Waals surface area contributed by atoms with E-state index < -0.39 is 6.29 Å². The molecule has 0 aromatic rings. The van der Waals surface area contributed by atoms with Crippen molar-refractivity contribution in [3.05, 3.63) is 0 Å². The minimum Gasteiger partial charge on any atom is -0.369 e. The third-order valence-electron chi connectivity index (χ3n) is 1.41. The molecule has 1 aliphatic rings. The predicted molar refractivity (Wildman–Crippen MR) is 33.3 cm³/mol. The fourth-order valence-electron chi connectivity index (χ4n) is 0.901. The van der Waals surface area contributed by atoms with Gasteiger partial charge in [-0.05, 0) is 12.7 Å². The number of aliphatic hydroxyl groups is 1. The van der Waals surface area contributed by atoms with E-state index in [0.717, 1.165) is 26.6 Å². The molecule has 1 saturated heterocycles. The first-order valence-electron chi connectivity index (χ1n) is 3.19. The van der Waals surface area contributed by atoms with Crippen LogP contribution in [0.5, 0.6) is 0 Å². The third-order valence-corrected chi connectivity index (χ3v) is 1.41. The molecule has 0 aromatic heterocycles. The zero-order chi connectivity index (χ0) is 5.82. The highest BCUT2D eigenvalue weighted by Crippen LogP contribution is 2.04. The van der Waals surface area contributed by atoms with Gasteiger partial charge in [0.2, 0.25) is 0 Å². The van der Waals surface area contributed by atoms with Gasteiger partial charge in [0.25, 0.3) is 0 Å². The first-order valence-corrected chi connectivity index (χ1v) is 3.19. The van der Waals surface area contributed by atoms with Crippen molar-refractivity contribution in [2.45, 2.75) is 25.4 Å². The summed E-state index contributed by atoms with van der Waals surface area (Å²) in [4.78, 5) is 0. The zero-order valence-electron chi connectivity index (χ0n) is 4.97. The van der Waals surface area contributed by atoms with Crippen molar-refractivity contribution < 1.29 is 9.84 Å². The minimum absolute atomic E-state index is 0.475. The molecular formula is C5H11BO2. The Labute approximate surface area is 50.1 Å². The van der Waals surface area contributed by atoms with Gasteiger partial charge in [-0.1, -0.05) is 6.32 Å². The van der Waals surface area contributed by atoms with E-state index in [1.54, 1.807) is 0 Å². The van der Waals surface area contributed by atoms with Gasteiger partial charge >= 0.3 is 0 Å². The average molecular weight is 114 g/mol. The van der Waals surface area contributed by atoms with E-state index in [4.69, 9.17) is 9.84 Å². The number of rotatable bonds is 0. The summed E-state index contributed by atoms with van der Waals surface area (Å²) < 4.78 is 4.96. The summed E-state index contributed by atoms with van der Waals surface area (Å²) in [6, 6.07) is 0. The Balaban J connectivity index is 2.17. The van der Waals surface area contributed by atoms with Crippen molar-refractivity contribution in [2.75, 3.05) is 6.61 Å². The monoisotopic (exact) mass is 114 g/mol. The van der Waals surface area contributed by atoms with Gasteiger partial charge in [0.05, 0.1) is 0 Å². The van der Waals surface area contributed by atoms with E-state index >= 15 is 0 Å². The topological polar surface area (TPSA) is 29.5 Å². The molecule has 0 spiro atoms. The molecule has 0 radical (unpaired) electrons. The number of ether oxygens (including phenoxy) is 1. The van der Waals surface area contributed by atoms with E-state index in [1.165, 1.54) is 6.32 Å². The van der Waals surface area contributed by atoms with Crippen LogP contribution in [0, 0.1) is 0 Å². The Morgan fingerprint density at radius 1 is 1.62 bits per heavy atom. The standard InChI is InChI=1S/C5H11BO2/c7-5-4-6-2-1-3-8-5/h5-7H,1-4H2. The van der Waals surface area contributed by atoms with Gasteiger partial charge in [-0.3, -0.25) is 0 Å². The molecule has 0 amide bonds. The Morgan fingerprint density at radius 2 is 2.50 bits per heavy atom. The molecule has 0 saturated carbocycles. The van der Waals surface area contributed by atoms with Crippen molar-refractivity contribution in [3.8, 4) is 0 Å². The molecule has 0 aromatic carbocycles. The van der Waals surface area contributed by atoms with Gasteiger partial charge in [0.1, 0.15) is 13.6 Å². The quantitative estimate of drug-likeness (QED) is 0.449. The Kier molecular flexibility index (Phi) is 2.37. The lowest BCUT2D eigenvalue weighted by atomic mass is 9.70. The fraction of sp³-hybridized carbons (Fsp3) is 1.00. The van der Waals surface area contributed by atoms with E-state index in [2.05, 4.69) is 0 Å². The number of hydrogen-bond acceptors (Lipinski definition) is 2. The SMILES string of the molecule is OC1CBCCCO1. The second-order valence-electron chi connectivity index (χ2n) is 2.17. The van der Waals surface area contributed by atoms with E-state index in [9.17, 15) is 0 Å².